The van der Waals surface area contributed by atoms with E-state index in [9.17, 15) is 14.9 Å². The van der Waals surface area contributed by atoms with Crippen LogP contribution < -0.4 is 5.43 Å². The van der Waals surface area contributed by atoms with Crippen LogP contribution in [0.25, 0.3) is 0 Å². The Bertz CT molecular complexity index is 762. The van der Waals surface area contributed by atoms with Crippen LogP contribution in [0.1, 0.15) is 15.9 Å². The van der Waals surface area contributed by atoms with E-state index in [1.54, 1.807) is 18.2 Å². The van der Waals surface area contributed by atoms with E-state index in [1.807, 2.05) is 0 Å². The van der Waals surface area contributed by atoms with Gasteiger partial charge in [-0.2, -0.15) is 5.10 Å². The number of carbonyl (C=O) groups is 1. The van der Waals surface area contributed by atoms with Gasteiger partial charge in [0.2, 0.25) is 0 Å². The molecule has 8 heteroatoms. The molecule has 7 nitrogen and oxygen atoms in total. The lowest BCUT2D eigenvalue weighted by Gasteiger charge is -2.01. The number of hydrazone groups is 1. The van der Waals surface area contributed by atoms with Gasteiger partial charge in [0, 0.05) is 11.6 Å². The summed E-state index contributed by atoms with van der Waals surface area (Å²) < 4.78 is 0. The number of nitrogens with zero attached hydrogens (tertiary/aromatic N) is 2. The molecule has 0 spiro atoms. The minimum Gasteiger partial charge on any atom is -0.478 e. The van der Waals surface area contributed by atoms with Crippen molar-refractivity contribution in [3.05, 3.63) is 68.7 Å². The van der Waals surface area contributed by atoms with Gasteiger partial charge in [0.05, 0.1) is 22.4 Å². The molecule has 2 aromatic carbocycles. The average Bonchev–Trinajstić information content (AvgIpc) is 2.49. The topological polar surface area (TPSA) is 105 Å². The van der Waals surface area contributed by atoms with Gasteiger partial charge in [-0.1, -0.05) is 23.7 Å². The van der Waals surface area contributed by atoms with E-state index in [0.29, 0.717) is 11.3 Å². The van der Waals surface area contributed by atoms with Crippen LogP contribution >= 0.6 is 11.6 Å². The summed E-state index contributed by atoms with van der Waals surface area (Å²) in [6.07, 6.45) is 1.37. The zero-order valence-corrected chi connectivity index (χ0v) is 11.8. The van der Waals surface area contributed by atoms with Crippen LogP contribution in [-0.2, 0) is 0 Å². The second kappa shape index (κ2) is 6.68. The Morgan fingerprint density at radius 2 is 2.09 bits per heavy atom. The summed E-state index contributed by atoms with van der Waals surface area (Å²) in [7, 11) is 0. The van der Waals surface area contributed by atoms with Gasteiger partial charge >= 0.3 is 5.97 Å². The molecular weight excluding hydrogens is 310 g/mol. The fraction of sp³-hybridized carbons (Fsp3) is 0. The predicted octanol–water partition coefficient (Wildman–Crippen LogP) is 3.39. The number of halogens is 1. The van der Waals surface area contributed by atoms with Gasteiger partial charge in [0.1, 0.15) is 5.02 Å². The lowest BCUT2D eigenvalue weighted by Crippen LogP contribution is -1.98. The molecule has 0 aliphatic rings. The molecule has 2 N–H and O–H groups in total. The maximum Gasteiger partial charge on any atom is 0.335 e. The van der Waals surface area contributed by atoms with Crippen molar-refractivity contribution >= 4 is 35.2 Å². The van der Waals surface area contributed by atoms with Crippen molar-refractivity contribution in [3.63, 3.8) is 0 Å². The highest BCUT2D eigenvalue weighted by molar-refractivity contribution is 6.32. The van der Waals surface area contributed by atoms with Gasteiger partial charge in [-0.05, 0) is 24.3 Å². The molecule has 22 heavy (non-hydrogen) atoms. The number of rotatable bonds is 5. The summed E-state index contributed by atoms with van der Waals surface area (Å²) >= 11 is 5.71. The van der Waals surface area contributed by atoms with Crippen LogP contribution in [0.15, 0.2) is 47.6 Å². The average molecular weight is 320 g/mol. The fourth-order valence-corrected chi connectivity index (χ4v) is 1.84. The Balaban J connectivity index is 2.13. The number of nitro groups is 1. The third-order valence-electron chi connectivity index (χ3n) is 2.68. The molecule has 0 atom stereocenters. The van der Waals surface area contributed by atoms with Gasteiger partial charge in [0.25, 0.3) is 5.69 Å². The van der Waals surface area contributed by atoms with E-state index in [4.69, 9.17) is 16.7 Å². The number of hydrogen-bond acceptors (Lipinski definition) is 5. The molecule has 0 saturated carbocycles. The smallest absolute Gasteiger partial charge is 0.335 e. The maximum absolute atomic E-state index is 10.8. The Morgan fingerprint density at radius 3 is 2.77 bits per heavy atom. The van der Waals surface area contributed by atoms with Gasteiger partial charge < -0.3 is 5.11 Å². The summed E-state index contributed by atoms with van der Waals surface area (Å²) in [5.41, 5.74) is 3.54. The molecule has 0 heterocycles. The van der Waals surface area contributed by atoms with Crippen molar-refractivity contribution in [2.75, 3.05) is 5.43 Å². The van der Waals surface area contributed by atoms with Crippen LogP contribution in [0.5, 0.6) is 0 Å². The Labute approximate surface area is 130 Å². The van der Waals surface area contributed by atoms with Crippen LogP contribution in [-0.4, -0.2) is 22.2 Å². The number of benzene rings is 2. The van der Waals surface area contributed by atoms with Crippen LogP contribution in [0.2, 0.25) is 5.02 Å². The first-order chi connectivity index (χ1) is 10.5. The van der Waals surface area contributed by atoms with E-state index in [-0.39, 0.29) is 16.3 Å². The third kappa shape index (κ3) is 3.80. The number of nitro benzene ring substituents is 1. The first-order valence-corrected chi connectivity index (χ1v) is 6.41. The second-order valence-electron chi connectivity index (χ2n) is 4.22. The maximum atomic E-state index is 10.8. The first kappa shape index (κ1) is 15.5. The van der Waals surface area contributed by atoms with Crippen molar-refractivity contribution < 1.29 is 14.8 Å². The molecule has 0 bridgehead atoms. The predicted molar refractivity (Wildman–Crippen MR) is 82.7 cm³/mol. The van der Waals surface area contributed by atoms with Crippen molar-refractivity contribution in [2.24, 2.45) is 5.10 Å². The van der Waals surface area contributed by atoms with E-state index in [2.05, 4.69) is 10.5 Å². The standard InChI is InChI=1S/C14H10ClN3O4/c15-12-5-4-9(6-13(12)18(21)22)8-16-17-11-3-1-2-10(7-11)14(19)20/h1-8,17H,(H,19,20)/b16-8-. The molecule has 0 unspecified atom stereocenters. The van der Waals surface area contributed by atoms with Crippen molar-refractivity contribution in [1.82, 2.24) is 0 Å². The largest absolute Gasteiger partial charge is 0.478 e. The highest BCUT2D eigenvalue weighted by Gasteiger charge is 2.11. The van der Waals surface area contributed by atoms with E-state index < -0.39 is 10.9 Å². The minimum absolute atomic E-state index is 0.0456. The first-order valence-electron chi connectivity index (χ1n) is 6.04. The highest BCUT2D eigenvalue weighted by atomic mass is 35.5. The SMILES string of the molecule is O=C(O)c1cccc(N/N=C\c2ccc(Cl)c([N+](=O)[O-])c2)c1. The summed E-state index contributed by atoms with van der Waals surface area (Å²) in [4.78, 5) is 21.0. The Morgan fingerprint density at radius 1 is 1.32 bits per heavy atom. The quantitative estimate of drug-likeness (QED) is 0.499. The molecule has 2 rings (SSSR count). The Kier molecular flexibility index (Phi) is 4.70. The van der Waals surface area contributed by atoms with Crippen LogP contribution in [0.4, 0.5) is 11.4 Å². The van der Waals surface area contributed by atoms with Crippen LogP contribution in [0, 0.1) is 10.1 Å². The Hall–Kier alpha value is -2.93. The molecule has 0 saturated heterocycles. The molecule has 0 aliphatic carbocycles. The number of hydrogen-bond donors (Lipinski definition) is 2. The molecule has 2 aromatic rings. The van der Waals surface area contributed by atoms with Crippen LogP contribution in [0.3, 0.4) is 0 Å². The summed E-state index contributed by atoms with van der Waals surface area (Å²) in [5, 5.41) is 23.6. The molecule has 0 aromatic heterocycles. The van der Waals surface area contributed by atoms with E-state index >= 15 is 0 Å². The molecule has 0 radical (unpaired) electrons. The van der Waals surface area contributed by atoms with Gasteiger partial charge in [-0.25, -0.2) is 4.79 Å². The van der Waals surface area contributed by atoms with E-state index in [1.165, 1.54) is 30.5 Å². The van der Waals surface area contributed by atoms with Crippen molar-refractivity contribution in [1.29, 1.82) is 0 Å². The highest BCUT2D eigenvalue weighted by Crippen LogP contribution is 2.24. The monoisotopic (exact) mass is 319 g/mol. The second-order valence-corrected chi connectivity index (χ2v) is 4.63. The summed E-state index contributed by atoms with van der Waals surface area (Å²) in [5.74, 6) is -1.04. The molecular formula is C14H10ClN3O4. The lowest BCUT2D eigenvalue weighted by molar-refractivity contribution is -0.384. The lowest BCUT2D eigenvalue weighted by atomic mass is 10.2. The fourth-order valence-electron chi connectivity index (χ4n) is 1.65. The number of anilines is 1. The number of carboxylic acid groups (broad SMARTS) is 1. The van der Waals surface area contributed by atoms with E-state index in [0.717, 1.165) is 0 Å². The number of nitrogens with one attached hydrogen (secondary N) is 1. The third-order valence-corrected chi connectivity index (χ3v) is 3.00. The zero-order valence-electron chi connectivity index (χ0n) is 11.1. The zero-order chi connectivity index (χ0) is 16.1. The van der Waals surface area contributed by atoms with Gasteiger partial charge in [-0.3, -0.25) is 15.5 Å². The number of aromatic carboxylic acids is 1. The van der Waals surface area contributed by atoms with Gasteiger partial charge in [-0.15, -0.1) is 0 Å². The summed E-state index contributed by atoms with van der Waals surface area (Å²) in [6, 6.07) is 10.4. The molecule has 0 amide bonds. The normalized spacial score (nSPS) is 10.6. The molecule has 0 aliphatic heterocycles. The minimum atomic E-state index is -1.04. The molecule has 112 valence electrons. The summed E-state index contributed by atoms with van der Waals surface area (Å²) in [6.45, 7) is 0. The van der Waals surface area contributed by atoms with Crippen molar-refractivity contribution in [3.8, 4) is 0 Å². The van der Waals surface area contributed by atoms with Gasteiger partial charge in [0.15, 0.2) is 0 Å². The number of carboxylic acids is 1. The molecule has 0 fully saturated rings. The van der Waals surface area contributed by atoms with Crippen molar-refractivity contribution in [2.45, 2.75) is 0 Å².